The first-order valence-electron chi connectivity index (χ1n) is 11.9. The molecule has 1 aromatic carbocycles. The summed E-state index contributed by atoms with van der Waals surface area (Å²) < 4.78 is 11.6. The Kier molecular flexibility index (Phi) is 8.57. The quantitative estimate of drug-likeness (QED) is 0.248. The van der Waals surface area contributed by atoms with E-state index in [9.17, 15) is 19.2 Å². The molecule has 0 spiro atoms. The van der Waals surface area contributed by atoms with Gasteiger partial charge in [-0.2, -0.15) is 5.10 Å². The average molecular weight is 482 g/mol. The summed E-state index contributed by atoms with van der Waals surface area (Å²) >= 11 is 0. The number of nitrogens with zero attached hydrogens (tertiary/aromatic N) is 2. The van der Waals surface area contributed by atoms with Crippen LogP contribution >= 0.6 is 0 Å². The second-order valence-corrected chi connectivity index (χ2v) is 8.33. The van der Waals surface area contributed by atoms with Gasteiger partial charge in [-0.05, 0) is 38.8 Å². The van der Waals surface area contributed by atoms with Crippen LogP contribution in [0.25, 0.3) is 10.8 Å². The molecule has 0 atom stereocenters. The van der Waals surface area contributed by atoms with Gasteiger partial charge in [0.05, 0.1) is 23.3 Å². The third kappa shape index (κ3) is 5.67. The number of carbonyl (C=O) groups excluding carboxylic acids is 3. The summed E-state index contributed by atoms with van der Waals surface area (Å²) in [5.41, 5.74) is 1.12. The Hall–Kier alpha value is -3.75. The maximum atomic E-state index is 12.9. The molecule has 2 aromatic heterocycles. The summed E-state index contributed by atoms with van der Waals surface area (Å²) in [5, 5.41) is 5.02. The third-order valence-corrected chi connectivity index (χ3v) is 5.81. The van der Waals surface area contributed by atoms with Crippen LogP contribution in [0, 0.1) is 13.8 Å². The molecule has 0 aliphatic carbocycles. The number of H-pyrrole nitrogens is 1. The molecule has 3 rings (SSSR count). The molecule has 0 amide bonds. The van der Waals surface area contributed by atoms with Crippen molar-refractivity contribution in [3.63, 3.8) is 0 Å². The first-order chi connectivity index (χ1) is 16.8. The number of esters is 2. The van der Waals surface area contributed by atoms with Crippen molar-refractivity contribution < 1.29 is 23.9 Å². The smallest absolute Gasteiger partial charge is 0.359 e. The molecule has 0 fully saturated rings. The van der Waals surface area contributed by atoms with Gasteiger partial charge in [0.15, 0.2) is 12.3 Å². The maximum absolute atomic E-state index is 12.9. The van der Waals surface area contributed by atoms with Crippen molar-refractivity contribution in [2.75, 3.05) is 13.2 Å². The van der Waals surface area contributed by atoms with Crippen molar-refractivity contribution in [3.05, 3.63) is 62.8 Å². The Bertz CT molecular complexity index is 1300. The topological polar surface area (TPSA) is 120 Å². The molecule has 9 heteroatoms. The van der Waals surface area contributed by atoms with Gasteiger partial charge >= 0.3 is 11.9 Å². The first kappa shape index (κ1) is 25.9. The number of aromatic amines is 1. The van der Waals surface area contributed by atoms with Crippen LogP contribution in [0.15, 0.2) is 29.1 Å². The number of carbonyl (C=O) groups is 3. The number of ether oxygens (including phenoxy) is 2. The fourth-order valence-electron chi connectivity index (χ4n) is 4.04. The molecule has 0 unspecified atom stereocenters. The average Bonchev–Trinajstić information content (AvgIpc) is 3.15. The lowest BCUT2D eigenvalue weighted by Crippen LogP contribution is -2.27. The van der Waals surface area contributed by atoms with Gasteiger partial charge in [-0.25, -0.2) is 14.3 Å². The zero-order chi connectivity index (χ0) is 25.5. The first-order valence-corrected chi connectivity index (χ1v) is 11.9. The lowest BCUT2D eigenvalue weighted by molar-refractivity contribution is 0.0466. The summed E-state index contributed by atoms with van der Waals surface area (Å²) in [6.07, 6.45) is 3.83. The molecular weight excluding hydrogens is 450 g/mol. The molecule has 0 saturated carbocycles. The zero-order valence-electron chi connectivity index (χ0n) is 20.6. The minimum absolute atomic E-state index is 0.0184. The van der Waals surface area contributed by atoms with Crippen molar-refractivity contribution in [1.29, 1.82) is 0 Å². The standard InChI is InChI=1S/C26H31N3O6/c1-5-7-8-11-14-29-24(31)19-13-10-9-12-18(19)23(28-29)26(33)35-15-20(30)22-16(3)21(17(4)27-22)25(32)34-6-2/h9-10,12-13,27H,5-8,11,14-15H2,1-4H3. The molecule has 0 aliphatic rings. The number of ketones is 1. The fourth-order valence-corrected chi connectivity index (χ4v) is 4.04. The summed E-state index contributed by atoms with van der Waals surface area (Å²) in [7, 11) is 0. The van der Waals surface area contributed by atoms with Gasteiger partial charge < -0.3 is 14.5 Å². The minimum Gasteiger partial charge on any atom is -0.462 e. The SMILES string of the molecule is CCCCCCn1nc(C(=O)OCC(=O)c2[nH]c(C)c(C(=O)OCC)c2C)c2ccccc2c1=O. The highest BCUT2D eigenvalue weighted by atomic mass is 16.5. The largest absolute Gasteiger partial charge is 0.462 e. The number of Topliss-reactive ketones (excluding diaryl/α,β-unsaturated/α-hetero) is 1. The highest BCUT2D eigenvalue weighted by molar-refractivity contribution is 6.05. The van der Waals surface area contributed by atoms with E-state index in [1.807, 2.05) is 0 Å². The lowest BCUT2D eigenvalue weighted by atomic mass is 10.1. The number of hydrogen-bond donors (Lipinski definition) is 1. The van der Waals surface area contributed by atoms with Gasteiger partial charge in [0.2, 0.25) is 5.78 Å². The summed E-state index contributed by atoms with van der Waals surface area (Å²) in [5.74, 6) is -1.82. The van der Waals surface area contributed by atoms with E-state index in [0.717, 1.165) is 25.7 Å². The van der Waals surface area contributed by atoms with E-state index in [4.69, 9.17) is 9.47 Å². The number of aryl methyl sites for hydroxylation is 2. The van der Waals surface area contributed by atoms with Crippen molar-refractivity contribution in [2.24, 2.45) is 0 Å². The van der Waals surface area contributed by atoms with E-state index < -0.39 is 24.3 Å². The number of aromatic nitrogens is 3. The van der Waals surface area contributed by atoms with E-state index in [1.54, 1.807) is 45.0 Å². The molecule has 35 heavy (non-hydrogen) atoms. The highest BCUT2D eigenvalue weighted by Gasteiger charge is 2.24. The molecule has 0 aliphatic heterocycles. The van der Waals surface area contributed by atoms with Crippen molar-refractivity contribution in [1.82, 2.24) is 14.8 Å². The Morgan fingerprint density at radius 3 is 2.37 bits per heavy atom. The second kappa shape index (κ2) is 11.6. The van der Waals surface area contributed by atoms with E-state index in [2.05, 4.69) is 17.0 Å². The molecule has 1 N–H and O–H groups in total. The Balaban J connectivity index is 1.82. The molecule has 9 nitrogen and oxygen atoms in total. The van der Waals surface area contributed by atoms with Crippen LogP contribution in [0.1, 0.15) is 82.1 Å². The predicted molar refractivity (Wildman–Crippen MR) is 131 cm³/mol. The van der Waals surface area contributed by atoms with Crippen LogP contribution in [0.3, 0.4) is 0 Å². The van der Waals surface area contributed by atoms with Crippen LogP contribution in [-0.4, -0.2) is 45.7 Å². The van der Waals surface area contributed by atoms with Gasteiger partial charge in [-0.3, -0.25) is 9.59 Å². The third-order valence-electron chi connectivity index (χ3n) is 5.81. The Labute approximate surface area is 203 Å². The van der Waals surface area contributed by atoms with Crippen molar-refractivity contribution in [3.8, 4) is 0 Å². The lowest BCUT2D eigenvalue weighted by Gasteiger charge is -2.11. The van der Waals surface area contributed by atoms with Gasteiger partial charge in [0.1, 0.15) is 0 Å². The summed E-state index contributed by atoms with van der Waals surface area (Å²) in [6.45, 7) is 7.16. The highest BCUT2D eigenvalue weighted by Crippen LogP contribution is 2.20. The fraction of sp³-hybridized carbons (Fsp3) is 0.423. The van der Waals surface area contributed by atoms with E-state index in [1.165, 1.54) is 4.68 Å². The Morgan fingerprint density at radius 1 is 0.971 bits per heavy atom. The number of benzene rings is 1. The number of unbranched alkanes of at least 4 members (excludes halogenated alkanes) is 3. The zero-order valence-corrected chi connectivity index (χ0v) is 20.6. The second-order valence-electron chi connectivity index (χ2n) is 8.33. The molecule has 0 saturated heterocycles. The summed E-state index contributed by atoms with van der Waals surface area (Å²) in [6, 6.07) is 6.71. The molecule has 0 radical (unpaired) electrons. The van der Waals surface area contributed by atoms with Crippen LogP contribution in [0.2, 0.25) is 0 Å². The monoisotopic (exact) mass is 481 g/mol. The van der Waals surface area contributed by atoms with Crippen LogP contribution in [0.4, 0.5) is 0 Å². The Morgan fingerprint density at radius 2 is 1.69 bits per heavy atom. The molecular formula is C26H31N3O6. The predicted octanol–water partition coefficient (Wildman–Crippen LogP) is 4.14. The van der Waals surface area contributed by atoms with Crippen molar-refractivity contribution in [2.45, 2.75) is 59.9 Å². The van der Waals surface area contributed by atoms with Crippen LogP contribution in [-0.2, 0) is 16.0 Å². The molecule has 0 bridgehead atoms. The van der Waals surface area contributed by atoms with E-state index >= 15 is 0 Å². The van der Waals surface area contributed by atoms with Gasteiger partial charge in [-0.15, -0.1) is 0 Å². The van der Waals surface area contributed by atoms with E-state index in [-0.39, 0.29) is 23.6 Å². The molecule has 2 heterocycles. The van der Waals surface area contributed by atoms with Crippen molar-refractivity contribution >= 4 is 28.5 Å². The number of fused-ring (bicyclic) bond motifs is 1. The molecule has 186 valence electrons. The van der Waals surface area contributed by atoms with E-state index in [0.29, 0.717) is 34.1 Å². The minimum atomic E-state index is -0.802. The summed E-state index contributed by atoms with van der Waals surface area (Å²) in [4.78, 5) is 53.7. The molecule has 3 aromatic rings. The normalized spacial score (nSPS) is 11.0. The van der Waals surface area contributed by atoms with Crippen LogP contribution < -0.4 is 5.56 Å². The van der Waals surface area contributed by atoms with Crippen LogP contribution in [0.5, 0.6) is 0 Å². The van der Waals surface area contributed by atoms with Gasteiger partial charge in [0, 0.05) is 17.6 Å². The number of rotatable bonds is 11. The number of nitrogens with one attached hydrogen (secondary N) is 1. The number of hydrogen-bond acceptors (Lipinski definition) is 7. The maximum Gasteiger partial charge on any atom is 0.359 e. The van der Waals surface area contributed by atoms with Gasteiger partial charge in [0.25, 0.3) is 5.56 Å². The van der Waals surface area contributed by atoms with Gasteiger partial charge in [-0.1, -0.05) is 44.4 Å².